The zero-order valence-corrected chi connectivity index (χ0v) is 12.5. The summed E-state index contributed by atoms with van der Waals surface area (Å²) in [6.07, 6.45) is 0. The number of hydrogen-bond donors (Lipinski definition) is 2. The van der Waals surface area contributed by atoms with Crippen LogP contribution in [0.25, 0.3) is 0 Å². The molecule has 0 saturated carbocycles. The van der Waals surface area contributed by atoms with Crippen LogP contribution >= 0.6 is 0 Å². The van der Waals surface area contributed by atoms with E-state index in [9.17, 15) is 8.42 Å². The van der Waals surface area contributed by atoms with Crippen molar-refractivity contribution >= 4 is 10.0 Å². The van der Waals surface area contributed by atoms with Crippen LogP contribution in [-0.2, 0) is 21.3 Å². The number of rotatable bonds is 7. The van der Waals surface area contributed by atoms with Crippen LogP contribution in [0.15, 0.2) is 17.0 Å². The molecule has 0 aliphatic heterocycles. The fraction of sp³-hybridized carbons (Fsp3) is 0.538. The van der Waals surface area contributed by atoms with E-state index in [1.165, 1.54) is 0 Å². The van der Waals surface area contributed by atoms with Gasteiger partial charge in [-0.15, -0.1) is 0 Å². The molecule has 3 N–H and O–H groups in total. The van der Waals surface area contributed by atoms with Crippen molar-refractivity contribution < 1.29 is 13.2 Å². The molecule has 19 heavy (non-hydrogen) atoms. The first-order valence-corrected chi connectivity index (χ1v) is 7.78. The van der Waals surface area contributed by atoms with Gasteiger partial charge in [0.15, 0.2) is 0 Å². The van der Waals surface area contributed by atoms with E-state index in [4.69, 9.17) is 10.5 Å². The average molecular weight is 286 g/mol. The molecule has 0 saturated heterocycles. The van der Waals surface area contributed by atoms with Crippen molar-refractivity contribution in [2.45, 2.75) is 32.2 Å². The lowest BCUT2D eigenvalue weighted by Crippen LogP contribution is -2.28. The minimum Gasteiger partial charge on any atom is -0.380 e. The highest BCUT2D eigenvalue weighted by molar-refractivity contribution is 7.89. The molecule has 0 aliphatic carbocycles. The third-order valence-electron chi connectivity index (χ3n) is 2.95. The number of hydrogen-bond acceptors (Lipinski definition) is 4. The number of nitrogens with two attached hydrogens (primary N) is 1. The predicted molar refractivity (Wildman–Crippen MR) is 75.5 cm³/mol. The summed E-state index contributed by atoms with van der Waals surface area (Å²) in [4.78, 5) is 0.296. The fourth-order valence-corrected chi connectivity index (χ4v) is 3.14. The van der Waals surface area contributed by atoms with Crippen molar-refractivity contribution in [3.63, 3.8) is 0 Å². The van der Waals surface area contributed by atoms with Crippen molar-refractivity contribution in [3.8, 4) is 0 Å². The van der Waals surface area contributed by atoms with Crippen LogP contribution in [0, 0.1) is 13.8 Å². The van der Waals surface area contributed by atoms with Crippen LogP contribution in [0.4, 0.5) is 0 Å². The first kappa shape index (κ1) is 16.1. The summed E-state index contributed by atoms with van der Waals surface area (Å²) < 4.78 is 32.1. The number of aryl methyl sites for hydroxylation is 1. The molecule has 0 aromatic heterocycles. The van der Waals surface area contributed by atoms with Gasteiger partial charge in [0.05, 0.1) is 11.5 Å². The zero-order valence-electron chi connectivity index (χ0n) is 11.7. The Morgan fingerprint density at radius 2 is 2.00 bits per heavy atom. The summed E-state index contributed by atoms with van der Waals surface area (Å²) in [7, 11) is -3.51. The lowest BCUT2D eigenvalue weighted by atomic mass is 10.1. The highest BCUT2D eigenvalue weighted by Crippen LogP contribution is 2.20. The number of ether oxygens (including phenoxy) is 1. The molecule has 0 amide bonds. The summed E-state index contributed by atoms with van der Waals surface area (Å²) in [5, 5.41) is 0. The molecule has 0 heterocycles. The molecule has 1 aromatic rings. The van der Waals surface area contributed by atoms with Gasteiger partial charge in [-0.1, -0.05) is 6.07 Å². The van der Waals surface area contributed by atoms with E-state index in [0.717, 1.165) is 16.7 Å². The van der Waals surface area contributed by atoms with Crippen molar-refractivity contribution in [3.05, 3.63) is 28.8 Å². The third-order valence-corrected chi connectivity index (χ3v) is 4.53. The smallest absolute Gasteiger partial charge is 0.240 e. The zero-order chi connectivity index (χ0) is 14.5. The standard InChI is InChI=1S/C13H22N2O3S/c1-4-18-6-5-15-19(16,17)13-8-12(9-14)7-10(2)11(13)3/h7-8,15H,4-6,9,14H2,1-3H3. The molecule has 1 rings (SSSR count). The maximum Gasteiger partial charge on any atom is 0.240 e. The second kappa shape index (κ2) is 7.00. The van der Waals surface area contributed by atoms with E-state index in [2.05, 4.69) is 4.72 Å². The Kier molecular flexibility index (Phi) is 5.93. The molecule has 108 valence electrons. The maximum absolute atomic E-state index is 12.2. The highest BCUT2D eigenvalue weighted by Gasteiger charge is 2.18. The minimum absolute atomic E-state index is 0.265. The normalized spacial score (nSPS) is 11.8. The lowest BCUT2D eigenvalue weighted by molar-refractivity contribution is 0.153. The Balaban J connectivity index is 2.97. The molecule has 0 spiro atoms. The van der Waals surface area contributed by atoms with E-state index in [1.54, 1.807) is 13.0 Å². The van der Waals surface area contributed by atoms with Crippen LogP contribution in [0.3, 0.4) is 0 Å². The molecule has 0 bridgehead atoms. The molecule has 1 aromatic carbocycles. The Labute approximate surface area is 115 Å². The minimum atomic E-state index is -3.51. The van der Waals surface area contributed by atoms with E-state index >= 15 is 0 Å². The van der Waals surface area contributed by atoms with Gasteiger partial charge >= 0.3 is 0 Å². The van der Waals surface area contributed by atoms with Gasteiger partial charge in [0.1, 0.15) is 0 Å². The number of benzene rings is 1. The van der Waals surface area contributed by atoms with Crippen molar-refractivity contribution in [1.29, 1.82) is 0 Å². The largest absolute Gasteiger partial charge is 0.380 e. The van der Waals surface area contributed by atoms with Crippen molar-refractivity contribution in [1.82, 2.24) is 4.72 Å². The maximum atomic E-state index is 12.2. The Hall–Kier alpha value is -0.950. The quantitative estimate of drug-likeness (QED) is 0.735. The Morgan fingerprint density at radius 3 is 2.58 bits per heavy atom. The van der Waals surface area contributed by atoms with Crippen LogP contribution in [0.2, 0.25) is 0 Å². The van der Waals surface area contributed by atoms with Crippen LogP contribution in [-0.4, -0.2) is 28.2 Å². The van der Waals surface area contributed by atoms with E-state index in [1.807, 2.05) is 19.9 Å². The third kappa shape index (κ3) is 4.28. The predicted octanol–water partition coefficient (Wildman–Crippen LogP) is 1.08. The summed E-state index contributed by atoms with van der Waals surface area (Å²) in [6, 6.07) is 3.54. The van der Waals surface area contributed by atoms with E-state index in [0.29, 0.717) is 24.7 Å². The summed E-state index contributed by atoms with van der Waals surface area (Å²) in [5.41, 5.74) is 8.07. The number of nitrogens with one attached hydrogen (secondary N) is 1. The van der Waals surface area contributed by atoms with Gasteiger partial charge in [-0.2, -0.15) is 0 Å². The Bertz CT molecular complexity index is 527. The molecule has 0 atom stereocenters. The topological polar surface area (TPSA) is 81.4 Å². The monoisotopic (exact) mass is 286 g/mol. The van der Waals surface area contributed by atoms with Crippen molar-refractivity contribution in [2.75, 3.05) is 19.8 Å². The summed E-state index contributed by atoms with van der Waals surface area (Å²) in [5.74, 6) is 0. The molecule has 6 heteroatoms. The molecular formula is C13H22N2O3S. The second-order valence-corrected chi connectivity index (χ2v) is 6.07. The van der Waals surface area contributed by atoms with Gasteiger partial charge in [0.25, 0.3) is 0 Å². The molecular weight excluding hydrogens is 264 g/mol. The van der Waals surface area contributed by atoms with Crippen molar-refractivity contribution in [2.24, 2.45) is 5.73 Å². The first-order chi connectivity index (χ1) is 8.92. The van der Waals surface area contributed by atoms with Crippen LogP contribution in [0.1, 0.15) is 23.6 Å². The molecule has 0 aliphatic rings. The molecule has 5 nitrogen and oxygen atoms in total. The van der Waals surface area contributed by atoms with Gasteiger partial charge in [-0.3, -0.25) is 0 Å². The van der Waals surface area contributed by atoms with Gasteiger partial charge in [0.2, 0.25) is 10.0 Å². The molecule has 0 fully saturated rings. The molecule has 0 radical (unpaired) electrons. The van der Waals surface area contributed by atoms with Gasteiger partial charge in [-0.05, 0) is 43.5 Å². The Morgan fingerprint density at radius 1 is 1.32 bits per heavy atom. The second-order valence-electron chi connectivity index (χ2n) is 4.33. The van der Waals surface area contributed by atoms with Crippen LogP contribution < -0.4 is 10.5 Å². The van der Waals surface area contributed by atoms with E-state index < -0.39 is 10.0 Å². The molecule has 0 unspecified atom stereocenters. The van der Waals surface area contributed by atoms with Crippen LogP contribution in [0.5, 0.6) is 0 Å². The average Bonchev–Trinajstić information content (AvgIpc) is 2.37. The lowest BCUT2D eigenvalue weighted by Gasteiger charge is -2.13. The van der Waals surface area contributed by atoms with Gasteiger partial charge in [-0.25, -0.2) is 13.1 Å². The number of sulfonamides is 1. The fourth-order valence-electron chi connectivity index (χ4n) is 1.77. The summed E-state index contributed by atoms with van der Waals surface area (Å²) in [6.45, 7) is 7.07. The van der Waals surface area contributed by atoms with Gasteiger partial charge < -0.3 is 10.5 Å². The van der Waals surface area contributed by atoms with E-state index in [-0.39, 0.29) is 6.54 Å². The first-order valence-electron chi connectivity index (χ1n) is 6.30. The highest BCUT2D eigenvalue weighted by atomic mass is 32.2. The SMILES string of the molecule is CCOCCNS(=O)(=O)c1cc(CN)cc(C)c1C. The van der Waals surface area contributed by atoms with Gasteiger partial charge in [0, 0.05) is 19.7 Å². The summed E-state index contributed by atoms with van der Waals surface area (Å²) >= 11 is 0.